The number of aromatic nitrogens is 2. The maximum atomic E-state index is 13.5. The third-order valence-corrected chi connectivity index (χ3v) is 8.19. The molecule has 2 unspecified atom stereocenters. The van der Waals surface area contributed by atoms with Gasteiger partial charge in [0.15, 0.2) is 5.78 Å². The van der Waals surface area contributed by atoms with Gasteiger partial charge in [-0.15, -0.1) is 0 Å². The summed E-state index contributed by atoms with van der Waals surface area (Å²) in [6.45, 7) is 4.96. The number of Topliss-reactive ketones (excluding diaryl/α,β-unsaturated/α-hetero) is 1. The van der Waals surface area contributed by atoms with Crippen LogP contribution in [0.3, 0.4) is 0 Å². The third-order valence-electron chi connectivity index (χ3n) is 8.19. The molecule has 3 aliphatic rings. The summed E-state index contributed by atoms with van der Waals surface area (Å²) in [6.07, 6.45) is 0.843. The van der Waals surface area contributed by atoms with Crippen LogP contribution >= 0.6 is 0 Å². The predicted molar refractivity (Wildman–Crippen MR) is 135 cm³/mol. The van der Waals surface area contributed by atoms with Crippen molar-refractivity contribution in [2.75, 3.05) is 19.8 Å². The Morgan fingerprint density at radius 2 is 1.56 bits per heavy atom. The average molecular weight is 486 g/mol. The van der Waals surface area contributed by atoms with Crippen molar-refractivity contribution in [3.8, 4) is 11.1 Å². The molecule has 3 heterocycles. The Balaban J connectivity index is 1.18. The fourth-order valence-corrected chi connectivity index (χ4v) is 6.43. The van der Waals surface area contributed by atoms with Gasteiger partial charge in [0.25, 0.3) is 0 Å². The number of hydrogen-bond acceptors (Lipinski definition) is 5. The van der Waals surface area contributed by atoms with E-state index in [-0.39, 0.29) is 35.8 Å². The summed E-state index contributed by atoms with van der Waals surface area (Å²) in [6, 6.07) is 16.3. The van der Waals surface area contributed by atoms with Gasteiger partial charge in [-0.1, -0.05) is 48.5 Å². The molecule has 36 heavy (non-hydrogen) atoms. The lowest BCUT2D eigenvalue weighted by atomic mass is 9.80. The zero-order valence-electron chi connectivity index (χ0n) is 20.9. The number of aryl methyl sites for hydroxylation is 2. The van der Waals surface area contributed by atoms with E-state index in [1.807, 2.05) is 50.1 Å². The van der Waals surface area contributed by atoms with Crippen LogP contribution in [0, 0.1) is 19.8 Å². The number of ether oxygens (including phenoxy) is 2. The van der Waals surface area contributed by atoms with Gasteiger partial charge in [-0.25, -0.2) is 4.79 Å². The SMILES string of the molecule is Cc1nn(C)c(C)c1C(=O)C1CC2COCC(C1)N2C(=O)OCC1c2ccccc2-c2ccccc21. The standard InChI is InChI=1S/C29H31N3O4/c1-17-27(18(2)31(3)30-17)28(33)19-12-20-14-35-15-21(13-19)32(20)29(34)36-16-26-24-10-6-4-8-22(24)23-9-5-7-11-25(23)26/h4-11,19-21,26H,12-16H2,1-3H3. The van der Waals surface area contributed by atoms with E-state index in [4.69, 9.17) is 9.47 Å². The Labute approximate surface area is 211 Å². The summed E-state index contributed by atoms with van der Waals surface area (Å²) in [5.74, 6) is -0.00147. The monoisotopic (exact) mass is 485 g/mol. The lowest BCUT2D eigenvalue weighted by Gasteiger charge is -2.47. The summed E-state index contributed by atoms with van der Waals surface area (Å²) >= 11 is 0. The van der Waals surface area contributed by atoms with Crippen molar-refractivity contribution < 1.29 is 19.1 Å². The highest BCUT2D eigenvalue weighted by molar-refractivity contribution is 6.00. The highest BCUT2D eigenvalue weighted by Gasteiger charge is 2.45. The predicted octanol–water partition coefficient (Wildman–Crippen LogP) is 4.65. The van der Waals surface area contributed by atoms with Crippen LogP contribution in [0.15, 0.2) is 48.5 Å². The van der Waals surface area contributed by atoms with Crippen molar-refractivity contribution in [2.45, 2.75) is 44.7 Å². The van der Waals surface area contributed by atoms with Crippen LogP contribution in [-0.4, -0.2) is 58.5 Å². The van der Waals surface area contributed by atoms with Gasteiger partial charge in [-0.3, -0.25) is 14.4 Å². The van der Waals surface area contributed by atoms with Crippen molar-refractivity contribution in [2.24, 2.45) is 13.0 Å². The number of piperidine rings is 1. The van der Waals surface area contributed by atoms with Crippen LogP contribution in [0.25, 0.3) is 11.1 Å². The molecule has 1 aromatic heterocycles. The molecule has 6 rings (SSSR count). The van der Waals surface area contributed by atoms with E-state index in [1.54, 1.807) is 4.68 Å². The molecule has 2 bridgehead atoms. The lowest BCUT2D eigenvalue weighted by Crippen LogP contribution is -2.60. The molecular formula is C29H31N3O4. The number of hydrogen-bond donors (Lipinski definition) is 0. The fraction of sp³-hybridized carbons (Fsp3) is 0.414. The zero-order valence-corrected chi connectivity index (χ0v) is 20.9. The highest BCUT2D eigenvalue weighted by Crippen LogP contribution is 2.45. The molecule has 186 valence electrons. The first-order valence-corrected chi connectivity index (χ1v) is 12.7. The van der Waals surface area contributed by atoms with E-state index in [1.165, 1.54) is 22.3 Å². The maximum Gasteiger partial charge on any atom is 0.410 e. The second-order valence-corrected chi connectivity index (χ2v) is 10.3. The van der Waals surface area contributed by atoms with Gasteiger partial charge < -0.3 is 9.47 Å². The van der Waals surface area contributed by atoms with E-state index < -0.39 is 0 Å². The smallest absolute Gasteiger partial charge is 0.410 e. The Morgan fingerprint density at radius 1 is 0.972 bits per heavy atom. The maximum absolute atomic E-state index is 13.5. The number of benzene rings is 2. The first kappa shape index (κ1) is 23.0. The number of morpholine rings is 1. The second kappa shape index (κ2) is 8.89. The van der Waals surface area contributed by atoms with E-state index in [9.17, 15) is 9.59 Å². The molecule has 2 aliphatic heterocycles. The zero-order chi connectivity index (χ0) is 25.0. The number of carbonyl (C=O) groups excluding carboxylic acids is 2. The highest BCUT2D eigenvalue weighted by atomic mass is 16.6. The van der Waals surface area contributed by atoms with E-state index in [0.717, 1.165) is 17.0 Å². The molecule has 3 aromatic rings. The Morgan fingerprint density at radius 3 is 2.11 bits per heavy atom. The lowest BCUT2D eigenvalue weighted by molar-refractivity contribution is -0.0747. The van der Waals surface area contributed by atoms with Crippen LogP contribution < -0.4 is 0 Å². The molecule has 0 saturated carbocycles. The topological polar surface area (TPSA) is 73.7 Å². The van der Waals surface area contributed by atoms with Crippen LogP contribution in [0.5, 0.6) is 0 Å². The van der Waals surface area contributed by atoms with Crippen LogP contribution in [0.4, 0.5) is 4.79 Å². The van der Waals surface area contributed by atoms with Gasteiger partial charge in [-0.2, -0.15) is 5.10 Å². The van der Waals surface area contributed by atoms with Gasteiger partial charge in [0.1, 0.15) is 6.61 Å². The molecule has 7 heteroatoms. The molecule has 7 nitrogen and oxygen atoms in total. The number of carbonyl (C=O) groups is 2. The number of amides is 1. The van der Waals surface area contributed by atoms with Crippen LogP contribution in [0.2, 0.25) is 0 Å². The first-order chi connectivity index (χ1) is 17.4. The number of ketones is 1. The van der Waals surface area contributed by atoms with Crippen molar-refractivity contribution in [1.82, 2.24) is 14.7 Å². The molecule has 2 saturated heterocycles. The van der Waals surface area contributed by atoms with E-state index in [0.29, 0.717) is 32.7 Å². The third kappa shape index (κ3) is 3.64. The Bertz CT molecular complexity index is 1290. The van der Waals surface area contributed by atoms with E-state index in [2.05, 4.69) is 29.4 Å². The van der Waals surface area contributed by atoms with Crippen molar-refractivity contribution in [3.05, 3.63) is 76.6 Å². The molecule has 1 aliphatic carbocycles. The fourth-order valence-electron chi connectivity index (χ4n) is 6.43. The van der Waals surface area contributed by atoms with Crippen molar-refractivity contribution >= 4 is 11.9 Å². The normalized spacial score (nSPS) is 22.8. The molecule has 0 N–H and O–H groups in total. The summed E-state index contributed by atoms with van der Waals surface area (Å²) in [5, 5.41) is 4.42. The summed E-state index contributed by atoms with van der Waals surface area (Å²) in [7, 11) is 1.86. The minimum atomic E-state index is -0.310. The Hall–Kier alpha value is -3.45. The summed E-state index contributed by atoms with van der Waals surface area (Å²) in [5.41, 5.74) is 7.18. The molecule has 1 amide bonds. The molecular weight excluding hydrogens is 454 g/mol. The molecule has 0 spiro atoms. The van der Waals surface area contributed by atoms with Crippen molar-refractivity contribution in [1.29, 1.82) is 0 Å². The van der Waals surface area contributed by atoms with Crippen LogP contribution in [-0.2, 0) is 16.5 Å². The molecule has 2 fully saturated rings. The number of nitrogens with zero attached hydrogens (tertiary/aromatic N) is 3. The van der Waals surface area contributed by atoms with Crippen molar-refractivity contribution in [3.63, 3.8) is 0 Å². The molecule has 2 atom stereocenters. The van der Waals surface area contributed by atoms with Gasteiger partial charge in [0.05, 0.1) is 36.6 Å². The van der Waals surface area contributed by atoms with Crippen LogP contribution in [0.1, 0.15) is 51.6 Å². The van der Waals surface area contributed by atoms with Gasteiger partial charge in [-0.05, 0) is 48.9 Å². The van der Waals surface area contributed by atoms with Gasteiger partial charge in [0, 0.05) is 24.6 Å². The minimum absolute atomic E-state index is 0.0214. The molecule has 0 radical (unpaired) electrons. The van der Waals surface area contributed by atoms with Gasteiger partial charge in [0.2, 0.25) is 0 Å². The number of fused-ring (bicyclic) bond motifs is 5. The Kier molecular flexibility index (Phi) is 5.67. The first-order valence-electron chi connectivity index (χ1n) is 12.7. The second-order valence-electron chi connectivity index (χ2n) is 10.3. The number of rotatable bonds is 4. The largest absolute Gasteiger partial charge is 0.448 e. The quantitative estimate of drug-likeness (QED) is 0.503. The van der Waals surface area contributed by atoms with Gasteiger partial charge >= 0.3 is 6.09 Å². The molecule has 2 aromatic carbocycles. The minimum Gasteiger partial charge on any atom is -0.448 e. The van der Waals surface area contributed by atoms with E-state index >= 15 is 0 Å². The summed E-state index contributed by atoms with van der Waals surface area (Å²) < 4.78 is 13.5. The average Bonchev–Trinajstić information content (AvgIpc) is 3.33. The summed E-state index contributed by atoms with van der Waals surface area (Å²) in [4.78, 5) is 28.7.